The fraction of sp³-hybridized carbons (Fsp3) is 0.562. The average molecular weight is 297 g/mol. The van der Waals surface area contributed by atoms with Crippen molar-refractivity contribution in [3.63, 3.8) is 0 Å². The quantitative estimate of drug-likeness (QED) is 0.906. The monoisotopic (exact) mass is 296 g/mol. The zero-order valence-corrected chi connectivity index (χ0v) is 13.1. The minimum Gasteiger partial charge on any atom is -0.337 e. The number of nitrogens with zero attached hydrogens (tertiary/aromatic N) is 1. The predicted molar refractivity (Wildman–Crippen MR) is 84.9 cm³/mol. The molecule has 0 aliphatic heterocycles. The highest BCUT2D eigenvalue weighted by Gasteiger charge is 2.31. The number of hydrogen-bond acceptors (Lipinski definition) is 2. The molecule has 3 nitrogen and oxygen atoms in total. The van der Waals surface area contributed by atoms with Gasteiger partial charge in [-0.05, 0) is 38.7 Å². The minimum atomic E-state index is -0.199. The summed E-state index contributed by atoms with van der Waals surface area (Å²) in [5.74, 6) is 0.191. The first kappa shape index (κ1) is 17.0. The Bertz CT molecular complexity index is 418. The molecular formula is C16H25ClN2O. The highest BCUT2D eigenvalue weighted by Crippen LogP contribution is 2.28. The van der Waals surface area contributed by atoms with Gasteiger partial charge in [0.2, 0.25) is 5.91 Å². The molecule has 1 fully saturated rings. The third kappa shape index (κ3) is 3.97. The molecule has 0 radical (unpaired) electrons. The molecule has 4 heteroatoms. The second kappa shape index (κ2) is 7.65. The molecule has 0 spiro atoms. The van der Waals surface area contributed by atoms with Gasteiger partial charge in [0.05, 0.1) is 0 Å². The number of halogens is 1. The van der Waals surface area contributed by atoms with Crippen molar-refractivity contribution in [1.29, 1.82) is 0 Å². The lowest BCUT2D eigenvalue weighted by atomic mass is 9.90. The van der Waals surface area contributed by atoms with Gasteiger partial charge in [0.15, 0.2) is 0 Å². The topological polar surface area (TPSA) is 46.3 Å². The molecule has 1 atom stereocenters. The molecule has 1 saturated carbocycles. The molecule has 1 aliphatic rings. The van der Waals surface area contributed by atoms with Crippen LogP contribution in [0.25, 0.3) is 0 Å². The SMILES string of the molecule is CC(C)N(C(=O)CC(N)c1ccccc1)C1CCC1.Cl. The van der Waals surface area contributed by atoms with Gasteiger partial charge < -0.3 is 10.6 Å². The highest BCUT2D eigenvalue weighted by atomic mass is 35.5. The maximum atomic E-state index is 12.4. The van der Waals surface area contributed by atoms with Crippen LogP contribution in [0.2, 0.25) is 0 Å². The van der Waals surface area contributed by atoms with Gasteiger partial charge in [-0.2, -0.15) is 0 Å². The van der Waals surface area contributed by atoms with Gasteiger partial charge in [-0.3, -0.25) is 4.79 Å². The van der Waals surface area contributed by atoms with Crippen LogP contribution >= 0.6 is 12.4 Å². The maximum absolute atomic E-state index is 12.4. The van der Waals surface area contributed by atoms with E-state index >= 15 is 0 Å². The standard InChI is InChI=1S/C16H24N2O.ClH/c1-12(2)18(14-9-6-10-14)16(19)11-15(17)13-7-4-3-5-8-13;/h3-5,7-8,12,14-15H,6,9-11,17H2,1-2H3;1H. The molecule has 0 aromatic heterocycles. The van der Waals surface area contributed by atoms with Gasteiger partial charge in [0.1, 0.15) is 0 Å². The van der Waals surface area contributed by atoms with E-state index in [1.54, 1.807) is 0 Å². The van der Waals surface area contributed by atoms with Crippen molar-refractivity contribution in [2.45, 2.75) is 57.7 Å². The molecule has 20 heavy (non-hydrogen) atoms. The Hall–Kier alpha value is -1.06. The molecule has 1 amide bonds. The van der Waals surface area contributed by atoms with Crippen LogP contribution in [0.5, 0.6) is 0 Å². The van der Waals surface area contributed by atoms with Crippen LogP contribution in [-0.4, -0.2) is 22.9 Å². The van der Waals surface area contributed by atoms with Crippen molar-refractivity contribution < 1.29 is 4.79 Å². The van der Waals surface area contributed by atoms with Gasteiger partial charge in [0.25, 0.3) is 0 Å². The largest absolute Gasteiger partial charge is 0.337 e. The average Bonchev–Trinajstić information content (AvgIpc) is 2.33. The van der Waals surface area contributed by atoms with Gasteiger partial charge in [0, 0.05) is 24.5 Å². The molecule has 0 saturated heterocycles. The van der Waals surface area contributed by atoms with Crippen LogP contribution < -0.4 is 5.73 Å². The number of benzene rings is 1. The second-order valence-electron chi connectivity index (χ2n) is 5.70. The molecular weight excluding hydrogens is 272 g/mol. The molecule has 1 aliphatic carbocycles. The van der Waals surface area contributed by atoms with E-state index in [1.807, 2.05) is 35.2 Å². The summed E-state index contributed by atoms with van der Waals surface area (Å²) in [6.45, 7) is 4.18. The first-order valence-corrected chi connectivity index (χ1v) is 7.21. The van der Waals surface area contributed by atoms with E-state index in [-0.39, 0.29) is 30.4 Å². The smallest absolute Gasteiger partial charge is 0.224 e. The zero-order valence-electron chi connectivity index (χ0n) is 12.3. The lowest BCUT2D eigenvalue weighted by Gasteiger charge is -2.40. The number of carbonyl (C=O) groups excluding carboxylic acids is 1. The Morgan fingerprint density at radius 1 is 1.30 bits per heavy atom. The molecule has 0 bridgehead atoms. The van der Waals surface area contributed by atoms with Crippen molar-refractivity contribution >= 4 is 18.3 Å². The maximum Gasteiger partial charge on any atom is 0.224 e. The summed E-state index contributed by atoms with van der Waals surface area (Å²) in [7, 11) is 0. The first-order chi connectivity index (χ1) is 9.09. The van der Waals surface area contributed by atoms with Gasteiger partial charge in [-0.1, -0.05) is 30.3 Å². The van der Waals surface area contributed by atoms with E-state index < -0.39 is 0 Å². The summed E-state index contributed by atoms with van der Waals surface area (Å²) >= 11 is 0. The van der Waals surface area contributed by atoms with E-state index in [4.69, 9.17) is 5.73 Å². The van der Waals surface area contributed by atoms with E-state index in [0.717, 1.165) is 18.4 Å². The summed E-state index contributed by atoms with van der Waals surface area (Å²) in [5.41, 5.74) is 7.18. The highest BCUT2D eigenvalue weighted by molar-refractivity contribution is 5.85. The normalized spacial score (nSPS) is 16.2. The molecule has 2 N–H and O–H groups in total. The number of hydrogen-bond donors (Lipinski definition) is 1. The van der Waals surface area contributed by atoms with Gasteiger partial charge >= 0.3 is 0 Å². The van der Waals surface area contributed by atoms with Crippen LogP contribution in [0.1, 0.15) is 51.1 Å². The Labute approximate surface area is 127 Å². The summed E-state index contributed by atoms with van der Waals surface area (Å²) in [6.07, 6.45) is 3.93. The molecule has 1 unspecified atom stereocenters. The Morgan fingerprint density at radius 2 is 1.90 bits per heavy atom. The van der Waals surface area contributed by atoms with E-state index in [9.17, 15) is 4.79 Å². The van der Waals surface area contributed by atoms with E-state index in [2.05, 4.69) is 13.8 Å². The molecule has 1 aromatic carbocycles. The van der Waals surface area contributed by atoms with Crippen LogP contribution in [0.15, 0.2) is 30.3 Å². The van der Waals surface area contributed by atoms with Crippen LogP contribution in [0.3, 0.4) is 0 Å². The van der Waals surface area contributed by atoms with Crippen molar-refractivity contribution in [3.05, 3.63) is 35.9 Å². The number of carbonyl (C=O) groups is 1. The van der Waals surface area contributed by atoms with Crippen molar-refractivity contribution in [2.24, 2.45) is 5.73 Å². The van der Waals surface area contributed by atoms with Crippen molar-refractivity contribution in [1.82, 2.24) is 4.90 Å². The zero-order chi connectivity index (χ0) is 13.8. The Kier molecular flexibility index (Phi) is 6.50. The molecule has 1 aromatic rings. The lowest BCUT2D eigenvalue weighted by molar-refractivity contribution is -0.137. The summed E-state index contributed by atoms with van der Waals surface area (Å²) in [5, 5.41) is 0. The second-order valence-corrected chi connectivity index (χ2v) is 5.70. The fourth-order valence-corrected chi connectivity index (χ4v) is 2.69. The summed E-state index contributed by atoms with van der Waals surface area (Å²) < 4.78 is 0. The Morgan fingerprint density at radius 3 is 2.35 bits per heavy atom. The predicted octanol–water partition coefficient (Wildman–Crippen LogP) is 3.29. The first-order valence-electron chi connectivity index (χ1n) is 7.21. The minimum absolute atomic E-state index is 0. The third-order valence-electron chi connectivity index (χ3n) is 3.93. The lowest BCUT2D eigenvalue weighted by Crippen LogP contribution is -2.48. The van der Waals surface area contributed by atoms with Crippen LogP contribution in [0.4, 0.5) is 0 Å². The van der Waals surface area contributed by atoms with Crippen LogP contribution in [0, 0.1) is 0 Å². The summed E-state index contributed by atoms with van der Waals surface area (Å²) in [6, 6.07) is 10.4. The molecule has 0 heterocycles. The number of nitrogens with two attached hydrogens (primary N) is 1. The van der Waals surface area contributed by atoms with Gasteiger partial charge in [-0.25, -0.2) is 0 Å². The fourth-order valence-electron chi connectivity index (χ4n) is 2.69. The molecule has 2 rings (SSSR count). The number of rotatable bonds is 5. The van der Waals surface area contributed by atoms with Gasteiger partial charge in [-0.15, -0.1) is 12.4 Å². The van der Waals surface area contributed by atoms with E-state index in [0.29, 0.717) is 12.5 Å². The van der Waals surface area contributed by atoms with E-state index in [1.165, 1.54) is 6.42 Å². The Balaban J connectivity index is 0.00000200. The summed E-state index contributed by atoms with van der Waals surface area (Å²) in [4.78, 5) is 14.5. The van der Waals surface area contributed by atoms with Crippen molar-refractivity contribution in [3.8, 4) is 0 Å². The molecule has 112 valence electrons. The number of amides is 1. The third-order valence-corrected chi connectivity index (χ3v) is 3.93. The van der Waals surface area contributed by atoms with Crippen LogP contribution in [-0.2, 0) is 4.79 Å². The van der Waals surface area contributed by atoms with Crippen molar-refractivity contribution in [2.75, 3.05) is 0 Å².